The van der Waals surface area contributed by atoms with Crippen molar-refractivity contribution >= 4 is 5.82 Å². The summed E-state index contributed by atoms with van der Waals surface area (Å²) in [6.45, 7) is 1.63. The smallest absolute Gasteiger partial charge is 0.293 e. The molecule has 1 aliphatic heterocycles. The Kier molecular flexibility index (Phi) is 4.44. The molecule has 1 atom stereocenters. The molecule has 0 aliphatic carbocycles. The highest BCUT2D eigenvalue weighted by Crippen LogP contribution is 2.31. The molecule has 132 valence electrons. The first-order valence-electron chi connectivity index (χ1n) is 8.80. The van der Waals surface area contributed by atoms with Gasteiger partial charge in [0.1, 0.15) is 11.5 Å². The van der Waals surface area contributed by atoms with Crippen molar-refractivity contribution in [3.8, 4) is 11.5 Å². The number of hydrogen-bond donors (Lipinski definition) is 0. The van der Waals surface area contributed by atoms with Crippen LogP contribution in [0.4, 0.5) is 5.82 Å². The van der Waals surface area contributed by atoms with Gasteiger partial charge in [-0.2, -0.15) is 0 Å². The van der Waals surface area contributed by atoms with E-state index in [2.05, 4.69) is 22.0 Å². The van der Waals surface area contributed by atoms with Gasteiger partial charge < -0.3 is 14.2 Å². The number of hydrogen-bond acceptors (Lipinski definition) is 4. The zero-order valence-electron chi connectivity index (χ0n) is 14.7. The molecule has 0 bridgehead atoms. The van der Waals surface area contributed by atoms with Gasteiger partial charge in [0.15, 0.2) is 5.82 Å². The second-order valence-electron chi connectivity index (χ2n) is 6.59. The van der Waals surface area contributed by atoms with E-state index in [4.69, 9.17) is 4.74 Å². The van der Waals surface area contributed by atoms with Crippen molar-refractivity contribution < 1.29 is 4.74 Å². The molecule has 0 spiro atoms. The van der Waals surface area contributed by atoms with E-state index in [0.29, 0.717) is 11.7 Å². The highest BCUT2D eigenvalue weighted by atomic mass is 16.5. The molecule has 5 heteroatoms. The van der Waals surface area contributed by atoms with Gasteiger partial charge in [-0.15, -0.1) is 0 Å². The first-order chi connectivity index (χ1) is 12.7. The molecule has 0 radical (unpaired) electrons. The maximum absolute atomic E-state index is 12.3. The molecule has 2 heterocycles. The summed E-state index contributed by atoms with van der Waals surface area (Å²) in [5.74, 6) is 2.56. The fraction of sp³-hybridized carbons (Fsp3) is 0.238. The molecule has 0 saturated carbocycles. The molecule has 0 unspecified atom stereocenters. The van der Waals surface area contributed by atoms with E-state index in [1.165, 1.54) is 5.56 Å². The summed E-state index contributed by atoms with van der Waals surface area (Å²) in [5.41, 5.74) is 1.18. The number of nitrogens with zero attached hydrogens (tertiary/aromatic N) is 3. The van der Waals surface area contributed by atoms with E-state index < -0.39 is 0 Å². The monoisotopic (exact) mass is 347 g/mol. The minimum atomic E-state index is -0.0469. The zero-order chi connectivity index (χ0) is 17.9. The van der Waals surface area contributed by atoms with Crippen LogP contribution < -0.4 is 15.2 Å². The Hall–Kier alpha value is -3.08. The lowest BCUT2D eigenvalue weighted by molar-refractivity contribution is 0.481. The van der Waals surface area contributed by atoms with E-state index in [0.717, 1.165) is 31.0 Å². The van der Waals surface area contributed by atoms with Crippen LogP contribution in [0.1, 0.15) is 17.9 Å². The van der Waals surface area contributed by atoms with Crippen LogP contribution in [0.15, 0.2) is 71.8 Å². The molecule has 5 nitrogen and oxygen atoms in total. The Labute approximate surface area is 152 Å². The number of para-hydroxylation sites is 1. The highest BCUT2D eigenvalue weighted by molar-refractivity contribution is 5.41. The SMILES string of the molecule is Cn1ccnc(N2CC[C@@H](c3cccc(Oc4ccccc4)c3)C2)c1=O. The predicted molar refractivity (Wildman–Crippen MR) is 102 cm³/mol. The zero-order valence-corrected chi connectivity index (χ0v) is 14.7. The van der Waals surface area contributed by atoms with E-state index in [1.807, 2.05) is 42.5 Å². The highest BCUT2D eigenvalue weighted by Gasteiger charge is 2.26. The first-order valence-corrected chi connectivity index (χ1v) is 8.80. The summed E-state index contributed by atoms with van der Waals surface area (Å²) in [5, 5.41) is 0. The molecule has 2 aromatic carbocycles. The molecular weight excluding hydrogens is 326 g/mol. The molecular formula is C21H21N3O2. The largest absolute Gasteiger partial charge is 0.457 e. The molecule has 1 aromatic heterocycles. The van der Waals surface area contributed by atoms with Crippen molar-refractivity contribution in [1.82, 2.24) is 9.55 Å². The van der Waals surface area contributed by atoms with Crippen molar-refractivity contribution in [3.63, 3.8) is 0 Å². The van der Waals surface area contributed by atoms with Gasteiger partial charge >= 0.3 is 0 Å². The van der Waals surface area contributed by atoms with Crippen molar-refractivity contribution in [2.45, 2.75) is 12.3 Å². The first kappa shape index (κ1) is 16.4. The maximum atomic E-state index is 12.3. The summed E-state index contributed by atoms with van der Waals surface area (Å²) in [7, 11) is 1.76. The van der Waals surface area contributed by atoms with Gasteiger partial charge in [0.05, 0.1) is 0 Å². The van der Waals surface area contributed by atoms with Gasteiger partial charge in [0.2, 0.25) is 0 Å². The van der Waals surface area contributed by atoms with Crippen LogP contribution in [0.2, 0.25) is 0 Å². The normalized spacial score (nSPS) is 16.7. The Morgan fingerprint density at radius 2 is 1.88 bits per heavy atom. The fourth-order valence-corrected chi connectivity index (χ4v) is 3.38. The molecule has 1 fully saturated rings. The van der Waals surface area contributed by atoms with E-state index in [-0.39, 0.29) is 5.56 Å². The molecule has 1 aliphatic rings. The Bertz CT molecular complexity index is 953. The third kappa shape index (κ3) is 3.33. The van der Waals surface area contributed by atoms with Gasteiger partial charge in [-0.3, -0.25) is 4.79 Å². The average Bonchev–Trinajstić information content (AvgIpc) is 3.15. The van der Waals surface area contributed by atoms with Crippen LogP contribution in [0, 0.1) is 0 Å². The average molecular weight is 347 g/mol. The summed E-state index contributed by atoms with van der Waals surface area (Å²) in [6, 6.07) is 18.0. The summed E-state index contributed by atoms with van der Waals surface area (Å²) >= 11 is 0. The van der Waals surface area contributed by atoms with Crippen LogP contribution in [-0.4, -0.2) is 22.6 Å². The third-order valence-corrected chi connectivity index (χ3v) is 4.79. The standard InChI is InChI=1S/C21H21N3O2/c1-23-13-11-22-20(21(23)25)24-12-10-17(15-24)16-6-5-9-19(14-16)26-18-7-3-2-4-8-18/h2-9,11,13-14,17H,10,12,15H2,1H3/t17-/m1/s1. The third-order valence-electron chi connectivity index (χ3n) is 4.79. The number of anilines is 1. The topological polar surface area (TPSA) is 47.4 Å². The fourth-order valence-electron chi connectivity index (χ4n) is 3.38. The predicted octanol–water partition coefficient (Wildman–Crippen LogP) is 3.57. The van der Waals surface area contributed by atoms with Gasteiger partial charge in [0, 0.05) is 38.4 Å². The van der Waals surface area contributed by atoms with E-state index in [1.54, 1.807) is 24.0 Å². The number of ether oxygens (including phenoxy) is 1. The summed E-state index contributed by atoms with van der Waals surface area (Å²) < 4.78 is 7.52. The second kappa shape index (κ2) is 7.04. The van der Waals surface area contributed by atoms with Crippen molar-refractivity contribution in [3.05, 3.63) is 82.9 Å². The van der Waals surface area contributed by atoms with Crippen molar-refractivity contribution in [1.29, 1.82) is 0 Å². The van der Waals surface area contributed by atoms with Crippen LogP contribution in [-0.2, 0) is 7.05 Å². The van der Waals surface area contributed by atoms with Crippen molar-refractivity contribution in [2.24, 2.45) is 7.05 Å². The Morgan fingerprint density at radius 3 is 2.73 bits per heavy atom. The van der Waals surface area contributed by atoms with Gasteiger partial charge in [-0.1, -0.05) is 30.3 Å². The number of rotatable bonds is 4. The number of aryl methyl sites for hydroxylation is 1. The molecule has 0 N–H and O–H groups in total. The van der Waals surface area contributed by atoms with Gasteiger partial charge in [-0.05, 0) is 36.2 Å². The van der Waals surface area contributed by atoms with Crippen molar-refractivity contribution in [2.75, 3.05) is 18.0 Å². The Morgan fingerprint density at radius 1 is 1.08 bits per heavy atom. The number of aromatic nitrogens is 2. The molecule has 26 heavy (non-hydrogen) atoms. The summed E-state index contributed by atoms with van der Waals surface area (Å²) in [4.78, 5) is 18.7. The minimum Gasteiger partial charge on any atom is -0.457 e. The van der Waals surface area contributed by atoms with E-state index in [9.17, 15) is 4.79 Å². The lowest BCUT2D eigenvalue weighted by Gasteiger charge is -2.17. The van der Waals surface area contributed by atoms with Crippen LogP contribution in [0.25, 0.3) is 0 Å². The second-order valence-corrected chi connectivity index (χ2v) is 6.59. The van der Waals surface area contributed by atoms with Gasteiger partial charge in [0.25, 0.3) is 5.56 Å². The quantitative estimate of drug-likeness (QED) is 0.724. The van der Waals surface area contributed by atoms with Gasteiger partial charge in [-0.25, -0.2) is 4.98 Å². The van der Waals surface area contributed by atoms with Crippen LogP contribution in [0.5, 0.6) is 11.5 Å². The van der Waals surface area contributed by atoms with Crippen LogP contribution >= 0.6 is 0 Å². The van der Waals surface area contributed by atoms with Crippen LogP contribution in [0.3, 0.4) is 0 Å². The Balaban J connectivity index is 1.51. The van der Waals surface area contributed by atoms with E-state index >= 15 is 0 Å². The lowest BCUT2D eigenvalue weighted by Crippen LogP contribution is -2.30. The molecule has 4 rings (SSSR count). The summed E-state index contributed by atoms with van der Waals surface area (Å²) in [6.07, 6.45) is 4.36. The molecule has 1 saturated heterocycles. The number of benzene rings is 2. The molecule has 3 aromatic rings. The minimum absolute atomic E-state index is 0.0469. The molecule has 0 amide bonds. The maximum Gasteiger partial charge on any atom is 0.293 e. The lowest BCUT2D eigenvalue weighted by atomic mass is 9.98.